The van der Waals surface area contributed by atoms with Crippen LogP contribution in [0.25, 0.3) is 0 Å². The number of aryl methyl sites for hydroxylation is 1. The normalized spacial score (nSPS) is 22.0. The van der Waals surface area contributed by atoms with E-state index < -0.39 is 0 Å². The number of hydrogen-bond acceptors (Lipinski definition) is 5. The minimum atomic E-state index is -0.200. The Morgan fingerprint density at radius 2 is 2.08 bits per heavy atom. The molecule has 0 aliphatic carbocycles. The quantitative estimate of drug-likeness (QED) is 0.847. The summed E-state index contributed by atoms with van der Waals surface area (Å²) in [5.41, 5.74) is 1.44. The van der Waals surface area contributed by atoms with Crippen molar-refractivity contribution in [1.29, 1.82) is 0 Å². The van der Waals surface area contributed by atoms with Gasteiger partial charge in [-0.15, -0.1) is 11.8 Å². The highest BCUT2D eigenvalue weighted by Crippen LogP contribution is 2.41. The molecule has 128 valence electrons. The standard InChI is InChI=1S/C15H19N5O2S2/c1-19-10(2-5-16-19)13-12-14(17-11(21)8-24-13)20(18-15(12)22)9-3-6-23-7-4-9/h2,5,9,13H,3-4,6-8H2,1H3,(H,17,21)(H,18,22)/t13-/m1/s1. The number of aromatic nitrogens is 4. The molecule has 1 amide bonds. The number of anilines is 1. The number of nitrogens with zero attached hydrogens (tertiary/aromatic N) is 3. The second kappa shape index (κ2) is 6.36. The Hall–Kier alpha value is -1.61. The molecule has 1 saturated heterocycles. The monoisotopic (exact) mass is 365 g/mol. The molecule has 0 unspecified atom stereocenters. The molecule has 2 aromatic heterocycles. The highest BCUT2D eigenvalue weighted by atomic mass is 32.2. The average molecular weight is 365 g/mol. The lowest BCUT2D eigenvalue weighted by molar-refractivity contribution is -0.113. The molecule has 4 rings (SSSR count). The summed E-state index contributed by atoms with van der Waals surface area (Å²) in [4.78, 5) is 24.9. The van der Waals surface area contributed by atoms with Crippen LogP contribution in [0.15, 0.2) is 17.1 Å². The lowest BCUT2D eigenvalue weighted by Gasteiger charge is -2.24. The first kappa shape index (κ1) is 15.9. The Morgan fingerprint density at radius 3 is 2.79 bits per heavy atom. The molecule has 0 spiro atoms. The molecular formula is C15H19N5O2S2. The highest BCUT2D eigenvalue weighted by Gasteiger charge is 2.33. The Balaban J connectivity index is 1.83. The van der Waals surface area contributed by atoms with Crippen molar-refractivity contribution in [2.75, 3.05) is 22.6 Å². The van der Waals surface area contributed by atoms with E-state index in [1.165, 1.54) is 11.8 Å². The number of thioether (sulfide) groups is 2. The SMILES string of the molecule is Cn1nccc1[C@H]1SCC(=O)Nc2c1c(=O)[nH]n2C1CCSCC1. The maximum absolute atomic E-state index is 12.7. The zero-order chi connectivity index (χ0) is 16.7. The van der Waals surface area contributed by atoms with Gasteiger partial charge in [-0.3, -0.25) is 24.1 Å². The molecule has 2 aliphatic rings. The van der Waals surface area contributed by atoms with Crippen LogP contribution in [0.2, 0.25) is 0 Å². The van der Waals surface area contributed by atoms with Crippen molar-refractivity contribution in [1.82, 2.24) is 19.6 Å². The fraction of sp³-hybridized carbons (Fsp3) is 0.533. The smallest absolute Gasteiger partial charge is 0.271 e. The molecule has 0 bridgehead atoms. The largest absolute Gasteiger partial charge is 0.310 e. The molecule has 2 aromatic rings. The lowest BCUT2D eigenvalue weighted by atomic mass is 10.1. The van der Waals surface area contributed by atoms with Gasteiger partial charge in [0.15, 0.2) is 0 Å². The summed E-state index contributed by atoms with van der Waals surface area (Å²) in [6, 6.07) is 2.14. The summed E-state index contributed by atoms with van der Waals surface area (Å²) in [5.74, 6) is 3.05. The summed E-state index contributed by atoms with van der Waals surface area (Å²) < 4.78 is 3.66. The minimum Gasteiger partial charge on any atom is -0.310 e. The second-order valence-electron chi connectivity index (χ2n) is 6.04. The van der Waals surface area contributed by atoms with E-state index in [-0.39, 0.29) is 22.8 Å². The number of aromatic amines is 1. The molecule has 0 radical (unpaired) electrons. The summed E-state index contributed by atoms with van der Waals surface area (Å²) in [6.45, 7) is 0. The lowest BCUT2D eigenvalue weighted by Crippen LogP contribution is -2.22. The van der Waals surface area contributed by atoms with Crippen molar-refractivity contribution in [3.05, 3.63) is 33.9 Å². The molecule has 2 N–H and O–H groups in total. The van der Waals surface area contributed by atoms with Crippen LogP contribution in [0.4, 0.5) is 5.82 Å². The summed E-state index contributed by atoms with van der Waals surface area (Å²) in [6.07, 6.45) is 3.72. The third kappa shape index (κ3) is 2.69. The number of fused-ring (bicyclic) bond motifs is 1. The van der Waals surface area contributed by atoms with Crippen LogP contribution in [0, 0.1) is 0 Å². The number of rotatable bonds is 2. The highest BCUT2D eigenvalue weighted by molar-refractivity contribution is 8.00. The van der Waals surface area contributed by atoms with Gasteiger partial charge in [-0.1, -0.05) is 0 Å². The first-order valence-corrected chi connectivity index (χ1v) is 10.2. The molecular weight excluding hydrogens is 346 g/mol. The van der Waals surface area contributed by atoms with Gasteiger partial charge < -0.3 is 5.32 Å². The van der Waals surface area contributed by atoms with Gasteiger partial charge in [0.05, 0.1) is 28.3 Å². The number of amides is 1. The average Bonchev–Trinajstić information content (AvgIpc) is 3.09. The van der Waals surface area contributed by atoms with Gasteiger partial charge in [-0.25, -0.2) is 0 Å². The molecule has 9 heteroatoms. The Kier molecular flexibility index (Phi) is 4.21. The van der Waals surface area contributed by atoms with Crippen LogP contribution in [0.5, 0.6) is 0 Å². The van der Waals surface area contributed by atoms with Crippen molar-refractivity contribution in [2.45, 2.75) is 24.1 Å². The third-order valence-corrected chi connectivity index (χ3v) is 6.84. The molecule has 4 heterocycles. The Bertz CT molecular complexity index is 818. The maximum Gasteiger partial charge on any atom is 0.271 e. The van der Waals surface area contributed by atoms with Crippen LogP contribution in [-0.4, -0.2) is 42.7 Å². The molecule has 24 heavy (non-hydrogen) atoms. The number of nitrogens with one attached hydrogen (secondary N) is 2. The van der Waals surface area contributed by atoms with Gasteiger partial charge in [0.1, 0.15) is 5.82 Å². The fourth-order valence-electron chi connectivity index (χ4n) is 3.34. The number of carbonyl (C=O) groups excluding carboxylic acids is 1. The Morgan fingerprint density at radius 1 is 1.29 bits per heavy atom. The van der Waals surface area contributed by atoms with Crippen LogP contribution >= 0.6 is 23.5 Å². The van der Waals surface area contributed by atoms with E-state index in [1.807, 2.05) is 29.6 Å². The fourth-order valence-corrected chi connectivity index (χ4v) is 5.59. The van der Waals surface area contributed by atoms with Crippen LogP contribution in [-0.2, 0) is 11.8 Å². The van der Waals surface area contributed by atoms with Gasteiger partial charge >= 0.3 is 0 Å². The van der Waals surface area contributed by atoms with Crippen molar-refractivity contribution in [2.24, 2.45) is 7.05 Å². The summed E-state index contributed by atoms with van der Waals surface area (Å²) in [7, 11) is 1.86. The molecule has 1 atom stereocenters. The van der Waals surface area contributed by atoms with Crippen LogP contribution in [0.3, 0.4) is 0 Å². The summed E-state index contributed by atoms with van der Waals surface area (Å²) in [5, 5.41) is 9.95. The topological polar surface area (TPSA) is 84.7 Å². The van der Waals surface area contributed by atoms with E-state index in [0.717, 1.165) is 30.0 Å². The first-order chi connectivity index (χ1) is 11.6. The second-order valence-corrected chi connectivity index (χ2v) is 8.35. The van der Waals surface area contributed by atoms with Crippen molar-refractivity contribution < 1.29 is 4.79 Å². The predicted molar refractivity (Wildman–Crippen MR) is 96.8 cm³/mol. The van der Waals surface area contributed by atoms with Crippen molar-refractivity contribution in [3.63, 3.8) is 0 Å². The Labute approximate surface area is 147 Å². The number of carbonyl (C=O) groups is 1. The van der Waals surface area contributed by atoms with Gasteiger partial charge in [-0.05, 0) is 30.4 Å². The van der Waals surface area contributed by atoms with Gasteiger partial charge in [0.2, 0.25) is 5.91 Å². The summed E-state index contributed by atoms with van der Waals surface area (Å²) >= 11 is 3.40. The first-order valence-electron chi connectivity index (χ1n) is 7.96. The van der Waals surface area contributed by atoms with Crippen molar-refractivity contribution in [3.8, 4) is 0 Å². The number of H-pyrrole nitrogens is 1. The van der Waals surface area contributed by atoms with Gasteiger partial charge in [-0.2, -0.15) is 16.9 Å². The molecule has 2 aliphatic heterocycles. The molecule has 7 nitrogen and oxygen atoms in total. The zero-order valence-electron chi connectivity index (χ0n) is 13.3. The van der Waals surface area contributed by atoms with Crippen LogP contribution < -0.4 is 10.9 Å². The van der Waals surface area contributed by atoms with Gasteiger partial charge in [0, 0.05) is 13.2 Å². The van der Waals surface area contributed by atoms with E-state index in [2.05, 4.69) is 15.5 Å². The van der Waals surface area contributed by atoms with E-state index >= 15 is 0 Å². The van der Waals surface area contributed by atoms with E-state index in [4.69, 9.17) is 0 Å². The van der Waals surface area contributed by atoms with Gasteiger partial charge in [0.25, 0.3) is 5.56 Å². The third-order valence-electron chi connectivity index (χ3n) is 4.55. The van der Waals surface area contributed by atoms with Crippen LogP contribution in [0.1, 0.15) is 35.4 Å². The van der Waals surface area contributed by atoms with Crippen molar-refractivity contribution >= 4 is 35.2 Å². The van der Waals surface area contributed by atoms with E-state index in [0.29, 0.717) is 17.1 Å². The van der Waals surface area contributed by atoms with E-state index in [9.17, 15) is 9.59 Å². The predicted octanol–water partition coefficient (Wildman–Crippen LogP) is 1.75. The molecule has 0 aromatic carbocycles. The maximum atomic E-state index is 12.7. The zero-order valence-corrected chi connectivity index (χ0v) is 15.0. The molecule has 0 saturated carbocycles. The number of hydrogen-bond donors (Lipinski definition) is 2. The van der Waals surface area contributed by atoms with E-state index in [1.54, 1.807) is 10.9 Å². The molecule has 1 fully saturated rings. The minimum absolute atomic E-state index is 0.0659.